The number of hydrogen-bond acceptors (Lipinski definition) is 0. The van der Waals surface area contributed by atoms with E-state index in [1.54, 1.807) is 26.8 Å². The van der Waals surface area contributed by atoms with Gasteiger partial charge in [0, 0.05) is 11.1 Å². The maximum absolute atomic E-state index is 12.3. The second kappa shape index (κ2) is 21.4. The number of hydrogen-bond donors (Lipinski definition) is 0. The first-order valence-electron chi connectivity index (χ1n) is 10.8. The monoisotopic (exact) mass is 490 g/mol. The Hall–Kier alpha value is -2.40. The van der Waals surface area contributed by atoms with Crippen LogP contribution in [0.1, 0.15) is 58.2 Å². The summed E-state index contributed by atoms with van der Waals surface area (Å²) in [4.78, 5) is 0. The highest BCUT2D eigenvalue weighted by atomic mass is 35.5. The van der Waals surface area contributed by atoms with Crippen LogP contribution in [0.25, 0.3) is 0 Å². The molecule has 0 N–H and O–H groups in total. The first-order chi connectivity index (χ1) is 15.6. The van der Waals surface area contributed by atoms with E-state index in [2.05, 4.69) is 0 Å². The van der Waals surface area contributed by atoms with E-state index in [1.165, 1.54) is 30.3 Å². The molecular formula is C27H36ClF5. The highest BCUT2D eigenvalue weighted by Gasteiger charge is 1.98. The molecular weight excluding hydrogens is 455 g/mol. The first kappa shape index (κ1) is 35.2. The van der Waals surface area contributed by atoms with Gasteiger partial charge < -0.3 is 0 Å². The molecule has 0 nitrogen and oxygen atoms in total. The molecule has 0 saturated heterocycles. The fourth-order valence-corrected chi connectivity index (χ4v) is 1.89. The predicted octanol–water partition coefficient (Wildman–Crippen LogP) is 10.4. The lowest BCUT2D eigenvalue weighted by molar-refractivity contribution is 0.508. The largest absolute Gasteiger partial charge is 0.207 e. The molecule has 0 bridgehead atoms. The quantitative estimate of drug-likeness (QED) is 0.275. The van der Waals surface area contributed by atoms with Crippen LogP contribution in [0, 0.1) is 49.9 Å². The third-order valence-corrected chi connectivity index (χ3v) is 3.75. The molecule has 0 unspecified atom stereocenters. The maximum atomic E-state index is 12.3. The molecule has 0 heterocycles. The molecule has 0 atom stereocenters. The van der Waals surface area contributed by atoms with Crippen LogP contribution in [0.4, 0.5) is 22.0 Å². The van der Waals surface area contributed by atoms with Gasteiger partial charge in [0.15, 0.2) is 11.6 Å². The van der Waals surface area contributed by atoms with Gasteiger partial charge in [-0.2, -0.15) is 0 Å². The van der Waals surface area contributed by atoms with Gasteiger partial charge >= 0.3 is 0 Å². The van der Waals surface area contributed by atoms with Crippen LogP contribution in [-0.4, -0.2) is 0 Å². The van der Waals surface area contributed by atoms with Crippen molar-refractivity contribution in [2.75, 3.05) is 0 Å². The molecule has 0 amide bonds. The lowest BCUT2D eigenvalue weighted by Gasteiger charge is -1.93. The molecule has 186 valence electrons. The third kappa shape index (κ3) is 16.8. The Morgan fingerprint density at radius 3 is 1.33 bits per heavy atom. The van der Waals surface area contributed by atoms with Crippen LogP contribution in [0.3, 0.4) is 0 Å². The molecule has 33 heavy (non-hydrogen) atoms. The van der Waals surface area contributed by atoms with Crippen molar-refractivity contribution >= 4 is 11.6 Å². The second-order valence-corrected chi connectivity index (χ2v) is 6.11. The molecule has 0 fully saturated rings. The lowest BCUT2D eigenvalue weighted by atomic mass is 10.2. The van der Waals surface area contributed by atoms with Crippen molar-refractivity contribution < 1.29 is 22.0 Å². The van der Waals surface area contributed by atoms with Crippen molar-refractivity contribution in [3.63, 3.8) is 0 Å². The van der Waals surface area contributed by atoms with Crippen molar-refractivity contribution in [3.8, 4) is 0 Å². The van der Waals surface area contributed by atoms with E-state index < -0.39 is 23.3 Å². The predicted molar refractivity (Wildman–Crippen MR) is 132 cm³/mol. The van der Waals surface area contributed by atoms with E-state index in [1.807, 2.05) is 41.5 Å². The van der Waals surface area contributed by atoms with Gasteiger partial charge in [-0.15, -0.1) is 0 Å². The minimum absolute atomic E-state index is 0.239. The Bertz CT molecular complexity index is 778. The standard InChI is InChI=1S/C7H6ClF.2C7H6F2.3C2H6/c1-5-4-6(9)2-3-7(5)8;1-5-2-3-6(8)4-7(5)9;1-5-2-3-6(8)7(9)4-5;3*1-2/h3*2-4H,1H3;3*1-2H3. The van der Waals surface area contributed by atoms with Crippen LogP contribution in [0.5, 0.6) is 0 Å². The zero-order valence-electron chi connectivity index (χ0n) is 21.0. The van der Waals surface area contributed by atoms with Gasteiger partial charge in [0.2, 0.25) is 0 Å². The van der Waals surface area contributed by atoms with Crippen molar-refractivity contribution in [1.29, 1.82) is 0 Å². The molecule has 0 saturated carbocycles. The zero-order valence-corrected chi connectivity index (χ0v) is 21.7. The zero-order chi connectivity index (χ0) is 26.6. The Balaban J connectivity index is -0.000000367. The molecule has 3 aromatic rings. The number of aryl methyl sites for hydroxylation is 3. The van der Waals surface area contributed by atoms with Crippen molar-refractivity contribution in [2.45, 2.75) is 62.3 Å². The summed E-state index contributed by atoms with van der Waals surface area (Å²) in [6.07, 6.45) is 0. The fraction of sp³-hybridized carbons (Fsp3) is 0.333. The Labute approximate surface area is 201 Å². The van der Waals surface area contributed by atoms with E-state index in [-0.39, 0.29) is 5.82 Å². The Morgan fingerprint density at radius 1 is 0.485 bits per heavy atom. The summed E-state index contributed by atoms with van der Waals surface area (Å²) in [5.41, 5.74) is 1.97. The molecule has 0 aliphatic rings. The number of rotatable bonds is 0. The number of benzene rings is 3. The Morgan fingerprint density at radius 2 is 0.970 bits per heavy atom. The summed E-state index contributed by atoms with van der Waals surface area (Å²) in [5, 5.41) is 0.608. The fourth-order valence-electron chi connectivity index (χ4n) is 1.78. The first-order valence-corrected chi connectivity index (χ1v) is 11.2. The van der Waals surface area contributed by atoms with Gasteiger partial charge in [-0.1, -0.05) is 65.3 Å². The minimum atomic E-state index is -0.791. The molecule has 0 aliphatic heterocycles. The number of halogens is 6. The SMILES string of the molecule is CC.CC.CC.Cc1cc(F)ccc1Cl.Cc1ccc(F)c(F)c1.Cc1ccc(F)cc1F. The third-order valence-electron chi connectivity index (χ3n) is 3.33. The molecule has 3 aromatic carbocycles. The van der Waals surface area contributed by atoms with Gasteiger partial charge in [0.1, 0.15) is 17.5 Å². The summed E-state index contributed by atoms with van der Waals surface area (Å²) < 4.78 is 61.1. The minimum Gasteiger partial charge on any atom is -0.207 e. The molecule has 0 spiro atoms. The second-order valence-electron chi connectivity index (χ2n) is 5.70. The molecule has 0 aromatic heterocycles. The van der Waals surface area contributed by atoms with Crippen molar-refractivity contribution in [1.82, 2.24) is 0 Å². The summed E-state index contributed by atoms with van der Waals surface area (Å²) in [5.74, 6) is -2.83. The van der Waals surface area contributed by atoms with Gasteiger partial charge in [0.25, 0.3) is 0 Å². The van der Waals surface area contributed by atoms with E-state index in [4.69, 9.17) is 11.6 Å². The summed E-state index contributed by atoms with van der Waals surface area (Å²) >= 11 is 5.61. The highest BCUT2D eigenvalue weighted by Crippen LogP contribution is 2.14. The van der Waals surface area contributed by atoms with Crippen LogP contribution >= 0.6 is 11.6 Å². The van der Waals surface area contributed by atoms with E-state index >= 15 is 0 Å². The van der Waals surface area contributed by atoms with Gasteiger partial charge in [-0.3, -0.25) is 0 Å². The van der Waals surface area contributed by atoms with Gasteiger partial charge in [-0.25, -0.2) is 22.0 Å². The average molecular weight is 491 g/mol. The molecule has 3 rings (SSSR count). The van der Waals surface area contributed by atoms with Crippen LogP contribution in [0.15, 0.2) is 54.6 Å². The van der Waals surface area contributed by atoms with Crippen molar-refractivity contribution in [3.05, 3.63) is 105 Å². The van der Waals surface area contributed by atoms with Gasteiger partial charge in [-0.05, 0) is 73.9 Å². The molecule has 0 aliphatic carbocycles. The van der Waals surface area contributed by atoms with Crippen LogP contribution in [0.2, 0.25) is 5.02 Å². The van der Waals surface area contributed by atoms with E-state index in [0.29, 0.717) is 10.6 Å². The normalized spacial score (nSPS) is 8.45. The summed E-state index contributed by atoms with van der Waals surface area (Å²) in [7, 11) is 0. The van der Waals surface area contributed by atoms with E-state index in [0.717, 1.165) is 29.3 Å². The summed E-state index contributed by atoms with van der Waals surface area (Å²) in [6, 6.07) is 11.6. The smallest absolute Gasteiger partial charge is 0.159 e. The molecule has 0 radical (unpaired) electrons. The summed E-state index contributed by atoms with van der Waals surface area (Å²) in [6.45, 7) is 17.1. The van der Waals surface area contributed by atoms with Gasteiger partial charge in [0.05, 0.1) is 0 Å². The average Bonchev–Trinajstić information content (AvgIpc) is 2.81. The van der Waals surface area contributed by atoms with Crippen molar-refractivity contribution in [2.24, 2.45) is 0 Å². The topological polar surface area (TPSA) is 0 Å². The van der Waals surface area contributed by atoms with E-state index in [9.17, 15) is 22.0 Å². The molecule has 6 heteroatoms. The van der Waals surface area contributed by atoms with Crippen LogP contribution in [-0.2, 0) is 0 Å². The maximum Gasteiger partial charge on any atom is 0.159 e. The lowest BCUT2D eigenvalue weighted by Crippen LogP contribution is -1.82. The Kier molecular flexibility index (Phi) is 22.9. The van der Waals surface area contributed by atoms with Crippen LogP contribution < -0.4 is 0 Å². The highest BCUT2D eigenvalue weighted by molar-refractivity contribution is 6.31.